The van der Waals surface area contributed by atoms with E-state index in [9.17, 15) is 4.79 Å². The van der Waals surface area contributed by atoms with E-state index in [-0.39, 0.29) is 6.10 Å². The van der Waals surface area contributed by atoms with Crippen LogP contribution in [0.5, 0.6) is 0 Å². The summed E-state index contributed by atoms with van der Waals surface area (Å²) < 4.78 is 5.52. The lowest BCUT2D eigenvalue weighted by atomic mass is 10.00. The van der Waals surface area contributed by atoms with Crippen molar-refractivity contribution in [3.8, 4) is 0 Å². The van der Waals surface area contributed by atoms with Crippen molar-refractivity contribution in [2.45, 2.75) is 44.8 Å². The summed E-state index contributed by atoms with van der Waals surface area (Å²) in [6.07, 6.45) is 3.71. The summed E-state index contributed by atoms with van der Waals surface area (Å²) in [5, 5.41) is 8.84. The molecule has 2 heterocycles. The van der Waals surface area contributed by atoms with Gasteiger partial charge < -0.3 is 14.7 Å². The van der Waals surface area contributed by atoms with Gasteiger partial charge >= 0.3 is 5.97 Å². The third-order valence-electron chi connectivity index (χ3n) is 3.59. The number of carboxylic acid groups (broad SMARTS) is 1. The molecule has 4 heteroatoms. The van der Waals surface area contributed by atoms with Gasteiger partial charge in [-0.15, -0.1) is 0 Å². The molecule has 0 amide bonds. The standard InChI is InChI=1S/C12H21NO3/c1-9-3-2-6-13(7-9)8-10-4-5-11(16-10)12(14)15/h9-11H,2-8H2,1H3,(H,14,15). The number of piperidine rings is 1. The van der Waals surface area contributed by atoms with Crippen LogP contribution in [0, 0.1) is 5.92 Å². The van der Waals surface area contributed by atoms with Crippen molar-refractivity contribution in [3.63, 3.8) is 0 Å². The maximum atomic E-state index is 10.8. The SMILES string of the molecule is CC1CCCN(CC2CCC(C(=O)O)O2)C1. The molecule has 0 aromatic carbocycles. The van der Waals surface area contributed by atoms with E-state index in [4.69, 9.17) is 9.84 Å². The van der Waals surface area contributed by atoms with Gasteiger partial charge in [-0.25, -0.2) is 4.79 Å². The fourth-order valence-electron chi connectivity index (χ4n) is 2.76. The molecule has 16 heavy (non-hydrogen) atoms. The Hall–Kier alpha value is -0.610. The van der Waals surface area contributed by atoms with Crippen LogP contribution in [0.2, 0.25) is 0 Å². The Balaban J connectivity index is 1.76. The second-order valence-electron chi connectivity index (χ2n) is 5.17. The number of aliphatic carboxylic acids is 1. The van der Waals surface area contributed by atoms with E-state index in [0.29, 0.717) is 6.42 Å². The second-order valence-corrected chi connectivity index (χ2v) is 5.17. The van der Waals surface area contributed by atoms with Crippen LogP contribution in [-0.2, 0) is 9.53 Å². The lowest BCUT2D eigenvalue weighted by molar-refractivity contribution is -0.149. The van der Waals surface area contributed by atoms with E-state index in [1.807, 2.05) is 0 Å². The summed E-state index contributed by atoms with van der Waals surface area (Å²) >= 11 is 0. The van der Waals surface area contributed by atoms with Crippen LogP contribution in [0.3, 0.4) is 0 Å². The molecule has 2 fully saturated rings. The molecule has 0 aromatic heterocycles. The summed E-state index contributed by atoms with van der Waals surface area (Å²) in [6.45, 7) is 5.47. The van der Waals surface area contributed by atoms with Crippen LogP contribution in [0.25, 0.3) is 0 Å². The van der Waals surface area contributed by atoms with Crippen LogP contribution in [0.4, 0.5) is 0 Å². The topological polar surface area (TPSA) is 49.8 Å². The molecule has 0 bridgehead atoms. The Bertz CT molecular complexity index is 257. The molecule has 0 radical (unpaired) electrons. The molecule has 2 aliphatic rings. The Kier molecular flexibility index (Phi) is 3.82. The molecule has 3 atom stereocenters. The summed E-state index contributed by atoms with van der Waals surface area (Å²) in [5.74, 6) is -0.0417. The molecule has 2 rings (SSSR count). The van der Waals surface area contributed by atoms with E-state index in [2.05, 4.69) is 11.8 Å². The van der Waals surface area contributed by atoms with Crippen molar-refractivity contribution in [2.75, 3.05) is 19.6 Å². The summed E-state index contributed by atoms with van der Waals surface area (Å²) in [5.41, 5.74) is 0. The second kappa shape index (κ2) is 5.15. The molecule has 2 saturated heterocycles. The number of rotatable bonds is 3. The van der Waals surface area contributed by atoms with Gasteiger partial charge in [0.2, 0.25) is 0 Å². The number of ether oxygens (including phenoxy) is 1. The first-order chi connectivity index (χ1) is 7.65. The number of carboxylic acids is 1. The molecule has 92 valence electrons. The van der Waals surface area contributed by atoms with Gasteiger partial charge in [0.25, 0.3) is 0 Å². The van der Waals surface area contributed by atoms with Gasteiger partial charge in [-0.3, -0.25) is 0 Å². The normalized spacial score (nSPS) is 36.4. The fraction of sp³-hybridized carbons (Fsp3) is 0.917. The molecule has 0 saturated carbocycles. The first-order valence-corrected chi connectivity index (χ1v) is 6.26. The third kappa shape index (κ3) is 2.95. The van der Waals surface area contributed by atoms with Crippen molar-refractivity contribution >= 4 is 5.97 Å². The minimum Gasteiger partial charge on any atom is -0.479 e. The highest BCUT2D eigenvalue weighted by Gasteiger charge is 2.32. The minimum atomic E-state index is -0.811. The Morgan fingerprint density at radius 3 is 2.88 bits per heavy atom. The maximum absolute atomic E-state index is 10.8. The van der Waals surface area contributed by atoms with Crippen LogP contribution in [0.15, 0.2) is 0 Å². The van der Waals surface area contributed by atoms with Crippen molar-refractivity contribution in [1.82, 2.24) is 4.90 Å². The fourth-order valence-corrected chi connectivity index (χ4v) is 2.76. The number of likely N-dealkylation sites (tertiary alicyclic amines) is 1. The molecule has 0 aromatic rings. The van der Waals surface area contributed by atoms with Crippen LogP contribution >= 0.6 is 0 Å². The van der Waals surface area contributed by atoms with E-state index in [0.717, 1.165) is 32.0 Å². The summed E-state index contributed by atoms with van der Waals surface area (Å²) in [4.78, 5) is 13.2. The van der Waals surface area contributed by atoms with Gasteiger partial charge in [0.1, 0.15) is 0 Å². The molecule has 0 spiro atoms. The van der Waals surface area contributed by atoms with E-state index in [1.165, 1.54) is 12.8 Å². The molecule has 3 unspecified atom stereocenters. The van der Waals surface area contributed by atoms with E-state index in [1.54, 1.807) is 0 Å². The number of hydrogen-bond donors (Lipinski definition) is 1. The van der Waals surface area contributed by atoms with Gasteiger partial charge in [0, 0.05) is 13.1 Å². The highest BCUT2D eigenvalue weighted by molar-refractivity contribution is 5.72. The van der Waals surface area contributed by atoms with Crippen LogP contribution < -0.4 is 0 Å². The van der Waals surface area contributed by atoms with Gasteiger partial charge in [-0.1, -0.05) is 6.92 Å². The predicted molar refractivity (Wildman–Crippen MR) is 60.4 cm³/mol. The molecule has 1 N–H and O–H groups in total. The first-order valence-electron chi connectivity index (χ1n) is 6.26. The lowest BCUT2D eigenvalue weighted by Gasteiger charge is -2.32. The summed E-state index contributed by atoms with van der Waals surface area (Å²) in [7, 11) is 0. The zero-order valence-electron chi connectivity index (χ0n) is 9.89. The maximum Gasteiger partial charge on any atom is 0.332 e. The molecular formula is C12H21NO3. The molecule has 0 aliphatic carbocycles. The number of carbonyl (C=O) groups is 1. The molecule has 2 aliphatic heterocycles. The van der Waals surface area contributed by atoms with Gasteiger partial charge in [-0.2, -0.15) is 0 Å². The van der Waals surface area contributed by atoms with Gasteiger partial charge in [-0.05, 0) is 38.1 Å². The molecule has 4 nitrogen and oxygen atoms in total. The quantitative estimate of drug-likeness (QED) is 0.790. The van der Waals surface area contributed by atoms with Crippen molar-refractivity contribution in [2.24, 2.45) is 5.92 Å². The summed E-state index contributed by atoms with van der Waals surface area (Å²) in [6, 6.07) is 0. The smallest absolute Gasteiger partial charge is 0.332 e. The predicted octanol–water partition coefficient (Wildman–Crippen LogP) is 1.35. The average molecular weight is 227 g/mol. The molecular weight excluding hydrogens is 206 g/mol. The van der Waals surface area contributed by atoms with Gasteiger partial charge in [0.05, 0.1) is 6.10 Å². The zero-order chi connectivity index (χ0) is 11.5. The Labute approximate surface area is 96.6 Å². The largest absolute Gasteiger partial charge is 0.479 e. The van der Waals surface area contributed by atoms with E-state index < -0.39 is 12.1 Å². The van der Waals surface area contributed by atoms with Crippen molar-refractivity contribution in [3.05, 3.63) is 0 Å². The first kappa shape index (κ1) is 11.9. The third-order valence-corrected chi connectivity index (χ3v) is 3.59. The lowest BCUT2D eigenvalue weighted by Crippen LogP contribution is -2.39. The highest BCUT2D eigenvalue weighted by atomic mass is 16.5. The van der Waals surface area contributed by atoms with Crippen molar-refractivity contribution < 1.29 is 14.6 Å². The zero-order valence-corrected chi connectivity index (χ0v) is 9.89. The monoisotopic (exact) mass is 227 g/mol. The number of nitrogens with zero attached hydrogens (tertiary/aromatic N) is 1. The van der Waals surface area contributed by atoms with Crippen LogP contribution in [-0.4, -0.2) is 47.8 Å². The van der Waals surface area contributed by atoms with Crippen molar-refractivity contribution in [1.29, 1.82) is 0 Å². The van der Waals surface area contributed by atoms with Gasteiger partial charge in [0.15, 0.2) is 6.10 Å². The Morgan fingerprint density at radius 1 is 1.44 bits per heavy atom. The van der Waals surface area contributed by atoms with Crippen LogP contribution in [0.1, 0.15) is 32.6 Å². The van der Waals surface area contributed by atoms with E-state index >= 15 is 0 Å². The Morgan fingerprint density at radius 2 is 2.25 bits per heavy atom. The minimum absolute atomic E-state index is 0.131. The number of hydrogen-bond acceptors (Lipinski definition) is 3. The highest BCUT2D eigenvalue weighted by Crippen LogP contribution is 2.23. The average Bonchev–Trinajstić information content (AvgIpc) is 2.66.